The Kier molecular flexibility index (Phi) is 3.46. The molecule has 0 bridgehead atoms. The SMILES string of the molecule is CNC1CCCN(c2ccc(-c3ccc[nH]3)nn2)C1. The van der Waals surface area contributed by atoms with Gasteiger partial charge in [-0.1, -0.05) is 0 Å². The molecule has 1 unspecified atom stereocenters. The molecule has 0 aromatic carbocycles. The van der Waals surface area contributed by atoms with Crippen molar-refractivity contribution in [3.8, 4) is 11.4 Å². The Morgan fingerprint density at radius 1 is 1.32 bits per heavy atom. The van der Waals surface area contributed by atoms with Crippen molar-refractivity contribution in [3.63, 3.8) is 0 Å². The molecule has 0 aliphatic carbocycles. The predicted molar refractivity (Wildman–Crippen MR) is 76.1 cm³/mol. The van der Waals surface area contributed by atoms with Crippen LogP contribution in [0.1, 0.15) is 12.8 Å². The first-order valence-electron chi connectivity index (χ1n) is 6.76. The number of anilines is 1. The van der Waals surface area contributed by atoms with Gasteiger partial charge in [0.15, 0.2) is 5.82 Å². The summed E-state index contributed by atoms with van der Waals surface area (Å²) in [6, 6.07) is 8.60. The van der Waals surface area contributed by atoms with Crippen LogP contribution in [0.3, 0.4) is 0 Å². The third kappa shape index (κ3) is 2.61. The monoisotopic (exact) mass is 257 g/mol. The number of nitrogens with zero attached hydrogens (tertiary/aromatic N) is 3. The van der Waals surface area contributed by atoms with E-state index in [1.54, 1.807) is 0 Å². The van der Waals surface area contributed by atoms with Crippen molar-refractivity contribution in [2.75, 3.05) is 25.0 Å². The zero-order valence-corrected chi connectivity index (χ0v) is 11.1. The fourth-order valence-corrected chi connectivity index (χ4v) is 2.55. The van der Waals surface area contributed by atoms with E-state index in [2.05, 4.69) is 31.5 Å². The smallest absolute Gasteiger partial charge is 0.151 e. The summed E-state index contributed by atoms with van der Waals surface area (Å²) in [6.07, 6.45) is 4.33. The minimum atomic E-state index is 0.554. The Labute approximate surface area is 113 Å². The summed E-state index contributed by atoms with van der Waals surface area (Å²) >= 11 is 0. The Bertz CT molecular complexity index is 505. The quantitative estimate of drug-likeness (QED) is 0.878. The topological polar surface area (TPSA) is 56.8 Å². The highest BCUT2D eigenvalue weighted by Crippen LogP contribution is 2.19. The molecule has 1 saturated heterocycles. The first kappa shape index (κ1) is 12.2. The average Bonchev–Trinajstić information content (AvgIpc) is 3.02. The van der Waals surface area contributed by atoms with Gasteiger partial charge in [0.2, 0.25) is 0 Å². The Morgan fingerprint density at radius 3 is 2.95 bits per heavy atom. The number of aromatic nitrogens is 3. The number of piperidine rings is 1. The Hall–Kier alpha value is -1.88. The second kappa shape index (κ2) is 5.40. The van der Waals surface area contributed by atoms with Crippen LogP contribution in [-0.4, -0.2) is 41.4 Å². The fraction of sp³-hybridized carbons (Fsp3) is 0.429. The van der Waals surface area contributed by atoms with Crippen molar-refractivity contribution in [1.29, 1.82) is 0 Å². The van der Waals surface area contributed by atoms with Crippen molar-refractivity contribution >= 4 is 5.82 Å². The number of rotatable bonds is 3. The van der Waals surface area contributed by atoms with Crippen LogP contribution in [0.4, 0.5) is 5.82 Å². The van der Waals surface area contributed by atoms with Gasteiger partial charge in [0.25, 0.3) is 0 Å². The first-order chi connectivity index (χ1) is 9.36. The fourth-order valence-electron chi connectivity index (χ4n) is 2.55. The molecule has 0 amide bonds. The van der Waals surface area contributed by atoms with Crippen LogP contribution in [-0.2, 0) is 0 Å². The molecule has 2 N–H and O–H groups in total. The molecule has 0 spiro atoms. The minimum Gasteiger partial charge on any atom is -0.360 e. The Morgan fingerprint density at radius 2 is 2.26 bits per heavy atom. The number of aromatic amines is 1. The first-order valence-corrected chi connectivity index (χ1v) is 6.76. The number of hydrogen-bond donors (Lipinski definition) is 2. The van der Waals surface area contributed by atoms with Crippen molar-refractivity contribution in [1.82, 2.24) is 20.5 Å². The van der Waals surface area contributed by atoms with Gasteiger partial charge in [-0.3, -0.25) is 0 Å². The maximum absolute atomic E-state index is 4.36. The molecule has 100 valence electrons. The summed E-state index contributed by atoms with van der Waals surface area (Å²) in [7, 11) is 2.02. The van der Waals surface area contributed by atoms with E-state index < -0.39 is 0 Å². The third-order valence-electron chi connectivity index (χ3n) is 3.68. The van der Waals surface area contributed by atoms with Gasteiger partial charge in [-0.15, -0.1) is 10.2 Å². The highest BCUT2D eigenvalue weighted by molar-refractivity contribution is 5.55. The van der Waals surface area contributed by atoms with Crippen LogP contribution in [0.5, 0.6) is 0 Å². The van der Waals surface area contributed by atoms with E-state index in [-0.39, 0.29) is 0 Å². The molecule has 2 aromatic heterocycles. The van der Waals surface area contributed by atoms with E-state index >= 15 is 0 Å². The molecule has 5 heteroatoms. The van der Waals surface area contributed by atoms with Gasteiger partial charge in [-0.2, -0.15) is 0 Å². The van der Waals surface area contributed by atoms with Gasteiger partial charge < -0.3 is 15.2 Å². The molecule has 1 atom stereocenters. The zero-order valence-electron chi connectivity index (χ0n) is 11.1. The van der Waals surface area contributed by atoms with Crippen LogP contribution in [0.2, 0.25) is 0 Å². The van der Waals surface area contributed by atoms with E-state index in [4.69, 9.17) is 0 Å². The third-order valence-corrected chi connectivity index (χ3v) is 3.68. The Balaban J connectivity index is 1.75. The van der Waals surface area contributed by atoms with Crippen molar-refractivity contribution in [2.24, 2.45) is 0 Å². The normalized spacial score (nSPS) is 19.6. The van der Waals surface area contributed by atoms with Gasteiger partial charge in [0, 0.05) is 25.3 Å². The lowest BCUT2D eigenvalue weighted by Crippen LogP contribution is -2.44. The molecule has 5 nitrogen and oxygen atoms in total. The maximum Gasteiger partial charge on any atom is 0.151 e. The van der Waals surface area contributed by atoms with E-state index in [0.717, 1.165) is 30.3 Å². The van der Waals surface area contributed by atoms with Crippen molar-refractivity contribution in [3.05, 3.63) is 30.5 Å². The molecule has 3 rings (SSSR count). The second-order valence-electron chi connectivity index (χ2n) is 4.93. The van der Waals surface area contributed by atoms with Crippen LogP contribution >= 0.6 is 0 Å². The summed E-state index contributed by atoms with van der Waals surface area (Å²) in [4.78, 5) is 5.44. The second-order valence-corrected chi connectivity index (χ2v) is 4.93. The van der Waals surface area contributed by atoms with Crippen LogP contribution in [0.15, 0.2) is 30.5 Å². The minimum absolute atomic E-state index is 0.554. The van der Waals surface area contributed by atoms with Gasteiger partial charge in [0.1, 0.15) is 5.69 Å². The largest absolute Gasteiger partial charge is 0.360 e. The standard InChI is InChI=1S/C14H19N5/c1-15-11-4-3-9-19(10-11)14-7-6-13(17-18-14)12-5-2-8-16-12/h2,5-8,11,15-16H,3-4,9-10H2,1H3. The van der Waals surface area contributed by atoms with Crippen LogP contribution in [0, 0.1) is 0 Å². The molecule has 1 fully saturated rings. The van der Waals surface area contributed by atoms with Crippen LogP contribution < -0.4 is 10.2 Å². The number of H-pyrrole nitrogens is 1. The maximum atomic E-state index is 4.36. The van der Waals surface area contributed by atoms with Gasteiger partial charge in [-0.05, 0) is 44.2 Å². The summed E-state index contributed by atoms with van der Waals surface area (Å²) < 4.78 is 0. The van der Waals surface area contributed by atoms with Crippen molar-refractivity contribution in [2.45, 2.75) is 18.9 Å². The summed E-state index contributed by atoms with van der Waals surface area (Å²) in [5.74, 6) is 0.968. The molecular formula is C14H19N5. The highest BCUT2D eigenvalue weighted by atomic mass is 15.3. The molecule has 3 heterocycles. The van der Waals surface area contributed by atoms with E-state index in [0.29, 0.717) is 6.04 Å². The summed E-state index contributed by atoms with van der Waals surface area (Å²) in [5, 5.41) is 12.0. The lowest BCUT2D eigenvalue weighted by molar-refractivity contribution is 0.447. The number of hydrogen-bond acceptors (Lipinski definition) is 4. The molecule has 19 heavy (non-hydrogen) atoms. The predicted octanol–water partition coefficient (Wildman–Crippen LogP) is 1.66. The lowest BCUT2D eigenvalue weighted by atomic mass is 10.1. The number of likely N-dealkylation sites (N-methyl/N-ethyl adjacent to an activating group) is 1. The van der Waals surface area contributed by atoms with Crippen molar-refractivity contribution < 1.29 is 0 Å². The van der Waals surface area contributed by atoms with Gasteiger partial charge >= 0.3 is 0 Å². The molecule has 2 aromatic rings. The summed E-state index contributed by atoms with van der Waals surface area (Å²) in [5.41, 5.74) is 1.89. The van der Waals surface area contributed by atoms with Gasteiger partial charge in [-0.25, -0.2) is 0 Å². The molecule has 0 radical (unpaired) electrons. The molecule has 1 aliphatic rings. The highest BCUT2D eigenvalue weighted by Gasteiger charge is 2.19. The zero-order chi connectivity index (χ0) is 13.1. The number of nitrogens with one attached hydrogen (secondary N) is 2. The van der Waals surface area contributed by atoms with E-state index in [1.165, 1.54) is 12.8 Å². The van der Waals surface area contributed by atoms with Gasteiger partial charge in [0.05, 0.1) is 5.69 Å². The molecular weight excluding hydrogens is 238 g/mol. The van der Waals surface area contributed by atoms with E-state index in [9.17, 15) is 0 Å². The average molecular weight is 257 g/mol. The summed E-state index contributed by atoms with van der Waals surface area (Å²) in [6.45, 7) is 2.07. The lowest BCUT2D eigenvalue weighted by Gasteiger charge is -2.33. The van der Waals surface area contributed by atoms with E-state index in [1.807, 2.05) is 31.4 Å². The molecule has 0 saturated carbocycles. The van der Waals surface area contributed by atoms with Crippen LogP contribution in [0.25, 0.3) is 11.4 Å². The molecule has 1 aliphatic heterocycles.